The van der Waals surface area contributed by atoms with Gasteiger partial charge in [-0.05, 0) is 19.1 Å². The predicted octanol–water partition coefficient (Wildman–Crippen LogP) is 2.59. The summed E-state index contributed by atoms with van der Waals surface area (Å²) in [4.78, 5) is 11.3. The number of nitrogen functional groups attached to an aromatic ring is 1. The molecular weight excluding hydrogens is 442 g/mol. The molecule has 1 saturated heterocycles. The molecule has 1 aliphatic heterocycles. The standard InChI is InChI=1S/C18H17F4N5O3S/c1-9-24-13-14(17(25-9)27-6-7-30-12(8-27)18(20,21)22)26-16(23)15(13)31(28,29)11-5-3-2-4-10(11)19/h2-5,12,26H,6-8,23H2,1H3/t12-/m0/s1. The molecular formula is C18H17F4N5O3S. The average molecular weight is 459 g/mol. The van der Waals surface area contributed by atoms with Crippen LogP contribution in [0.15, 0.2) is 34.1 Å². The highest BCUT2D eigenvalue weighted by molar-refractivity contribution is 7.92. The number of morpholine rings is 1. The number of alkyl halides is 3. The Morgan fingerprint density at radius 1 is 1.26 bits per heavy atom. The number of nitrogens with zero attached hydrogens (tertiary/aromatic N) is 3. The van der Waals surface area contributed by atoms with Crippen LogP contribution in [-0.4, -0.2) is 55.3 Å². The highest BCUT2D eigenvalue weighted by atomic mass is 32.2. The molecule has 166 valence electrons. The third-order valence-corrected chi connectivity index (χ3v) is 6.71. The third-order valence-electron chi connectivity index (χ3n) is 4.85. The van der Waals surface area contributed by atoms with E-state index >= 15 is 0 Å². The van der Waals surface area contributed by atoms with Gasteiger partial charge in [-0.2, -0.15) is 13.2 Å². The van der Waals surface area contributed by atoms with Gasteiger partial charge in [0.25, 0.3) is 0 Å². The SMILES string of the molecule is Cc1nc(N2CCO[C@H](C(F)(F)F)C2)c2[nH]c(N)c(S(=O)(=O)c3ccccc3F)c2n1. The molecule has 1 atom stereocenters. The molecule has 0 spiro atoms. The molecule has 13 heteroatoms. The van der Waals surface area contributed by atoms with E-state index in [-0.39, 0.29) is 41.6 Å². The second-order valence-corrected chi connectivity index (χ2v) is 8.82. The molecule has 3 aromatic rings. The van der Waals surface area contributed by atoms with E-state index in [1.165, 1.54) is 24.0 Å². The lowest BCUT2D eigenvalue weighted by molar-refractivity contribution is -0.221. The van der Waals surface area contributed by atoms with Crippen LogP contribution in [0.3, 0.4) is 0 Å². The summed E-state index contributed by atoms with van der Waals surface area (Å²) in [5.41, 5.74) is 5.84. The Bertz CT molecular complexity index is 1260. The first kappa shape index (κ1) is 21.3. The van der Waals surface area contributed by atoms with Crippen molar-refractivity contribution in [3.8, 4) is 0 Å². The van der Waals surface area contributed by atoms with E-state index in [9.17, 15) is 26.0 Å². The number of nitrogens with one attached hydrogen (secondary N) is 1. The highest BCUT2D eigenvalue weighted by Gasteiger charge is 2.44. The van der Waals surface area contributed by atoms with Crippen LogP contribution in [0.2, 0.25) is 0 Å². The number of ether oxygens (including phenoxy) is 1. The summed E-state index contributed by atoms with van der Waals surface area (Å²) in [7, 11) is -4.43. The van der Waals surface area contributed by atoms with Crippen LogP contribution in [0.4, 0.5) is 29.2 Å². The number of aryl methyl sites for hydroxylation is 1. The van der Waals surface area contributed by atoms with Crippen molar-refractivity contribution in [3.63, 3.8) is 0 Å². The molecule has 1 aliphatic rings. The van der Waals surface area contributed by atoms with E-state index in [4.69, 9.17) is 10.5 Å². The first-order valence-electron chi connectivity index (χ1n) is 9.09. The van der Waals surface area contributed by atoms with E-state index in [0.717, 1.165) is 12.1 Å². The van der Waals surface area contributed by atoms with Gasteiger partial charge >= 0.3 is 6.18 Å². The van der Waals surface area contributed by atoms with Crippen LogP contribution in [-0.2, 0) is 14.6 Å². The van der Waals surface area contributed by atoms with E-state index < -0.39 is 44.3 Å². The molecule has 8 nitrogen and oxygen atoms in total. The fraction of sp³-hybridized carbons (Fsp3) is 0.333. The highest BCUT2D eigenvalue weighted by Crippen LogP contribution is 2.37. The molecule has 0 aliphatic carbocycles. The number of nitrogens with two attached hydrogens (primary N) is 1. The first-order valence-corrected chi connectivity index (χ1v) is 10.6. The lowest BCUT2D eigenvalue weighted by atomic mass is 10.2. The van der Waals surface area contributed by atoms with Crippen molar-refractivity contribution < 1.29 is 30.7 Å². The monoisotopic (exact) mass is 459 g/mol. The second-order valence-electron chi connectivity index (χ2n) is 6.97. The van der Waals surface area contributed by atoms with Gasteiger partial charge in [-0.25, -0.2) is 22.8 Å². The molecule has 0 amide bonds. The number of H-pyrrole nitrogens is 1. The van der Waals surface area contributed by atoms with Gasteiger partial charge in [-0.3, -0.25) is 0 Å². The Morgan fingerprint density at radius 3 is 2.65 bits per heavy atom. The molecule has 1 fully saturated rings. The topological polar surface area (TPSA) is 114 Å². The number of aromatic nitrogens is 3. The van der Waals surface area contributed by atoms with Crippen molar-refractivity contribution in [2.24, 2.45) is 0 Å². The molecule has 3 heterocycles. The van der Waals surface area contributed by atoms with Gasteiger partial charge in [-0.1, -0.05) is 12.1 Å². The Kier molecular flexibility index (Phi) is 5.04. The zero-order valence-corrected chi connectivity index (χ0v) is 16.9. The van der Waals surface area contributed by atoms with Crippen LogP contribution >= 0.6 is 0 Å². The smallest absolute Gasteiger partial charge is 0.384 e. The molecule has 4 rings (SSSR count). The second kappa shape index (κ2) is 7.34. The number of halogens is 4. The predicted molar refractivity (Wildman–Crippen MR) is 103 cm³/mol. The van der Waals surface area contributed by atoms with Crippen molar-refractivity contribution in [2.75, 3.05) is 30.3 Å². The minimum atomic E-state index is -4.58. The average Bonchev–Trinajstić information content (AvgIpc) is 3.03. The summed E-state index contributed by atoms with van der Waals surface area (Å²) in [5, 5.41) is 0. The zero-order valence-electron chi connectivity index (χ0n) is 16.1. The number of sulfone groups is 1. The van der Waals surface area contributed by atoms with Crippen molar-refractivity contribution in [1.82, 2.24) is 15.0 Å². The van der Waals surface area contributed by atoms with Gasteiger partial charge in [0.1, 0.15) is 38.3 Å². The Balaban J connectivity index is 1.88. The molecule has 1 aromatic carbocycles. The Labute approximate surface area is 174 Å². The maximum atomic E-state index is 14.2. The van der Waals surface area contributed by atoms with Crippen LogP contribution in [0, 0.1) is 12.7 Å². The number of aromatic amines is 1. The normalized spacial score (nSPS) is 18.0. The minimum absolute atomic E-state index is 0.0424. The van der Waals surface area contributed by atoms with Gasteiger partial charge in [0.15, 0.2) is 11.9 Å². The molecule has 31 heavy (non-hydrogen) atoms. The molecule has 0 unspecified atom stereocenters. The van der Waals surface area contributed by atoms with Gasteiger partial charge in [-0.15, -0.1) is 0 Å². The van der Waals surface area contributed by atoms with E-state index in [1.807, 2.05) is 0 Å². The van der Waals surface area contributed by atoms with Crippen LogP contribution in [0.25, 0.3) is 11.0 Å². The number of hydrogen-bond acceptors (Lipinski definition) is 7. The molecule has 0 bridgehead atoms. The van der Waals surface area contributed by atoms with Gasteiger partial charge in [0.2, 0.25) is 9.84 Å². The van der Waals surface area contributed by atoms with Crippen LogP contribution in [0.5, 0.6) is 0 Å². The van der Waals surface area contributed by atoms with Crippen LogP contribution < -0.4 is 10.6 Å². The quantitative estimate of drug-likeness (QED) is 0.579. The number of fused-ring (bicyclic) bond motifs is 1. The van der Waals surface area contributed by atoms with Gasteiger partial charge < -0.3 is 20.4 Å². The molecule has 2 aromatic heterocycles. The summed E-state index contributed by atoms with van der Waals surface area (Å²) in [5.74, 6) is -1.12. The summed E-state index contributed by atoms with van der Waals surface area (Å²) >= 11 is 0. The summed E-state index contributed by atoms with van der Waals surface area (Å²) < 4.78 is 84.8. The molecule has 0 radical (unpaired) electrons. The van der Waals surface area contributed by atoms with E-state index in [1.54, 1.807) is 0 Å². The van der Waals surface area contributed by atoms with Crippen molar-refractivity contribution >= 4 is 32.5 Å². The van der Waals surface area contributed by atoms with Crippen molar-refractivity contribution in [3.05, 3.63) is 35.9 Å². The number of hydrogen-bond donors (Lipinski definition) is 2. The maximum Gasteiger partial charge on any atom is 0.416 e. The van der Waals surface area contributed by atoms with Gasteiger partial charge in [0.05, 0.1) is 13.2 Å². The fourth-order valence-corrected chi connectivity index (χ4v) is 5.01. The van der Waals surface area contributed by atoms with E-state index in [2.05, 4.69) is 15.0 Å². The number of anilines is 2. The molecule has 0 saturated carbocycles. The molecule has 3 N–H and O–H groups in total. The van der Waals surface area contributed by atoms with Crippen molar-refractivity contribution in [1.29, 1.82) is 0 Å². The summed E-state index contributed by atoms with van der Waals surface area (Å²) in [6.45, 7) is 0.814. The van der Waals surface area contributed by atoms with Crippen molar-refractivity contribution in [2.45, 2.75) is 29.0 Å². The van der Waals surface area contributed by atoms with E-state index in [0.29, 0.717) is 0 Å². The lowest BCUT2D eigenvalue weighted by Crippen LogP contribution is -2.49. The number of benzene rings is 1. The summed E-state index contributed by atoms with van der Waals surface area (Å²) in [6.07, 6.45) is -6.60. The Morgan fingerprint density at radius 2 is 1.97 bits per heavy atom. The third kappa shape index (κ3) is 3.67. The fourth-order valence-electron chi connectivity index (χ4n) is 3.47. The first-order chi connectivity index (χ1) is 14.5. The lowest BCUT2D eigenvalue weighted by Gasteiger charge is -2.34. The Hall–Kier alpha value is -2.93. The zero-order chi connectivity index (χ0) is 22.6. The summed E-state index contributed by atoms with van der Waals surface area (Å²) in [6, 6.07) is 4.78. The maximum absolute atomic E-state index is 14.2. The van der Waals surface area contributed by atoms with Crippen LogP contribution in [0.1, 0.15) is 5.82 Å². The minimum Gasteiger partial charge on any atom is -0.384 e. The number of rotatable bonds is 3. The largest absolute Gasteiger partial charge is 0.416 e. The van der Waals surface area contributed by atoms with Gasteiger partial charge in [0, 0.05) is 6.54 Å².